The van der Waals surface area contributed by atoms with Gasteiger partial charge in [-0.25, -0.2) is 4.98 Å². The van der Waals surface area contributed by atoms with E-state index in [2.05, 4.69) is 11.1 Å². The molecule has 0 unspecified atom stereocenters. The second-order valence-corrected chi connectivity index (χ2v) is 7.10. The summed E-state index contributed by atoms with van der Waals surface area (Å²) in [6.45, 7) is 0. The molecule has 0 atom stereocenters. The van der Waals surface area contributed by atoms with E-state index in [-0.39, 0.29) is 0 Å². The van der Waals surface area contributed by atoms with Crippen molar-refractivity contribution in [3.63, 3.8) is 0 Å². The number of fused-ring (bicyclic) bond motifs is 1. The average Bonchev–Trinajstić information content (AvgIpc) is 3.03. The van der Waals surface area contributed by atoms with Crippen molar-refractivity contribution in [3.05, 3.63) is 52.9 Å². The van der Waals surface area contributed by atoms with E-state index in [4.69, 9.17) is 9.47 Å². The highest BCUT2D eigenvalue weighted by atomic mass is 32.2. The van der Waals surface area contributed by atoms with Crippen LogP contribution in [-0.4, -0.2) is 19.2 Å². The molecule has 120 valence electrons. The van der Waals surface area contributed by atoms with Gasteiger partial charge in [0.05, 0.1) is 29.3 Å². The monoisotopic (exact) mass is 354 g/mol. The third-order valence-corrected chi connectivity index (χ3v) is 5.31. The molecule has 4 nitrogen and oxygen atoms in total. The molecule has 0 aliphatic carbocycles. The lowest BCUT2D eigenvalue weighted by atomic mass is 10.2. The van der Waals surface area contributed by atoms with E-state index < -0.39 is 0 Å². The lowest BCUT2D eigenvalue weighted by molar-refractivity contribution is 0.355. The first kappa shape index (κ1) is 16.4. The Bertz CT molecular complexity index is 909. The Morgan fingerprint density at radius 2 is 1.96 bits per heavy atom. The smallest absolute Gasteiger partial charge is 0.161 e. The van der Waals surface area contributed by atoms with Gasteiger partial charge in [-0.1, -0.05) is 18.2 Å². The molecule has 3 aromatic rings. The molecule has 1 aromatic heterocycles. The molecule has 0 N–H and O–H groups in total. The van der Waals surface area contributed by atoms with Gasteiger partial charge in [0.2, 0.25) is 0 Å². The molecule has 3 rings (SSSR count). The van der Waals surface area contributed by atoms with Crippen molar-refractivity contribution in [2.24, 2.45) is 0 Å². The SMILES string of the molecule is COc1ccc(/C=C(\C#N)Sc2nc3ccccc3s2)cc1OC. The highest BCUT2D eigenvalue weighted by Crippen LogP contribution is 2.35. The molecule has 24 heavy (non-hydrogen) atoms. The number of hydrogen-bond acceptors (Lipinski definition) is 6. The number of para-hydroxylation sites is 1. The van der Waals surface area contributed by atoms with Crippen molar-refractivity contribution >= 4 is 39.4 Å². The first-order valence-corrected chi connectivity index (χ1v) is 8.74. The Morgan fingerprint density at radius 3 is 2.67 bits per heavy atom. The number of nitrogens with zero attached hydrogens (tertiary/aromatic N) is 2. The summed E-state index contributed by atoms with van der Waals surface area (Å²) in [5.74, 6) is 1.29. The minimum Gasteiger partial charge on any atom is -0.493 e. The van der Waals surface area contributed by atoms with Crippen LogP contribution in [0.4, 0.5) is 0 Å². The summed E-state index contributed by atoms with van der Waals surface area (Å²) in [4.78, 5) is 5.12. The minimum atomic E-state index is 0.571. The van der Waals surface area contributed by atoms with Crippen LogP contribution < -0.4 is 9.47 Å². The number of methoxy groups -OCH3 is 2. The number of thioether (sulfide) groups is 1. The summed E-state index contributed by atoms with van der Waals surface area (Å²) in [5.41, 5.74) is 1.83. The summed E-state index contributed by atoms with van der Waals surface area (Å²) in [7, 11) is 3.18. The zero-order valence-corrected chi connectivity index (χ0v) is 14.8. The highest BCUT2D eigenvalue weighted by Gasteiger charge is 2.08. The Labute approximate surface area is 148 Å². The molecule has 0 saturated heterocycles. The van der Waals surface area contributed by atoms with Crippen LogP contribution in [-0.2, 0) is 0 Å². The second-order valence-electron chi connectivity index (χ2n) is 4.78. The van der Waals surface area contributed by atoms with Gasteiger partial charge < -0.3 is 9.47 Å². The molecule has 0 aliphatic rings. The highest BCUT2D eigenvalue weighted by molar-refractivity contribution is 8.05. The van der Waals surface area contributed by atoms with E-state index in [1.165, 1.54) is 11.8 Å². The Morgan fingerprint density at radius 1 is 1.17 bits per heavy atom. The van der Waals surface area contributed by atoms with Crippen LogP contribution in [0.25, 0.3) is 16.3 Å². The summed E-state index contributed by atoms with van der Waals surface area (Å²) in [5, 5.41) is 9.43. The number of thiazole rings is 1. The van der Waals surface area contributed by atoms with Crippen molar-refractivity contribution < 1.29 is 9.47 Å². The Kier molecular flexibility index (Phi) is 5.04. The van der Waals surface area contributed by atoms with E-state index in [1.54, 1.807) is 25.6 Å². The molecule has 0 saturated carbocycles. The Balaban J connectivity index is 1.88. The summed E-state index contributed by atoms with van der Waals surface area (Å²) in [6, 6.07) is 15.7. The topological polar surface area (TPSA) is 55.1 Å². The lowest BCUT2D eigenvalue weighted by Crippen LogP contribution is -1.90. The fourth-order valence-electron chi connectivity index (χ4n) is 2.17. The largest absolute Gasteiger partial charge is 0.493 e. The van der Waals surface area contributed by atoms with Crippen LogP contribution in [0, 0.1) is 11.3 Å². The van der Waals surface area contributed by atoms with E-state index in [9.17, 15) is 5.26 Å². The zero-order chi connectivity index (χ0) is 16.9. The van der Waals surface area contributed by atoms with Gasteiger partial charge in [-0.3, -0.25) is 0 Å². The van der Waals surface area contributed by atoms with Crippen molar-refractivity contribution in [1.82, 2.24) is 4.98 Å². The van der Waals surface area contributed by atoms with E-state index in [1.807, 2.05) is 48.5 Å². The normalized spacial score (nSPS) is 11.3. The molecule has 1 heterocycles. The first-order chi connectivity index (χ1) is 11.7. The standard InChI is InChI=1S/C18H14N2O2S2/c1-21-15-8-7-12(10-16(15)22-2)9-13(11-19)23-18-20-14-5-3-4-6-17(14)24-18/h3-10H,1-2H3/b13-9+. The van der Waals surface area contributed by atoms with E-state index >= 15 is 0 Å². The van der Waals surface area contributed by atoms with Gasteiger partial charge in [0, 0.05) is 0 Å². The molecular formula is C18H14N2O2S2. The summed E-state index contributed by atoms with van der Waals surface area (Å²) >= 11 is 2.95. The maximum absolute atomic E-state index is 9.43. The number of nitriles is 1. The molecule has 0 fully saturated rings. The number of ether oxygens (including phenoxy) is 2. The van der Waals surface area contributed by atoms with Crippen LogP contribution in [0.2, 0.25) is 0 Å². The molecule has 0 radical (unpaired) electrons. The lowest BCUT2D eigenvalue weighted by Gasteiger charge is -2.07. The number of benzene rings is 2. The number of hydrogen-bond donors (Lipinski definition) is 0. The third-order valence-electron chi connectivity index (χ3n) is 3.29. The van der Waals surface area contributed by atoms with Crippen molar-refractivity contribution in [3.8, 4) is 17.6 Å². The maximum atomic E-state index is 9.43. The van der Waals surface area contributed by atoms with Gasteiger partial charge in [-0.15, -0.1) is 11.3 Å². The maximum Gasteiger partial charge on any atom is 0.161 e. The van der Waals surface area contributed by atoms with Gasteiger partial charge in [-0.2, -0.15) is 5.26 Å². The molecular weight excluding hydrogens is 340 g/mol. The van der Waals surface area contributed by atoms with E-state index in [0.717, 1.165) is 20.1 Å². The van der Waals surface area contributed by atoms with Gasteiger partial charge >= 0.3 is 0 Å². The van der Waals surface area contributed by atoms with Crippen molar-refractivity contribution in [2.75, 3.05) is 14.2 Å². The van der Waals surface area contributed by atoms with Crippen LogP contribution in [0.5, 0.6) is 11.5 Å². The van der Waals surface area contributed by atoms with Crippen molar-refractivity contribution in [2.45, 2.75) is 4.34 Å². The average molecular weight is 354 g/mol. The fraction of sp³-hybridized carbons (Fsp3) is 0.111. The van der Waals surface area contributed by atoms with Crippen LogP contribution in [0.1, 0.15) is 5.56 Å². The van der Waals surface area contributed by atoms with Gasteiger partial charge in [0.25, 0.3) is 0 Å². The van der Waals surface area contributed by atoms with Crippen LogP contribution in [0.15, 0.2) is 51.7 Å². The van der Waals surface area contributed by atoms with Gasteiger partial charge in [0.15, 0.2) is 15.8 Å². The van der Waals surface area contributed by atoms with Crippen molar-refractivity contribution in [1.29, 1.82) is 5.26 Å². The molecule has 2 aromatic carbocycles. The summed E-state index contributed by atoms with van der Waals surface area (Å²) in [6.07, 6.45) is 1.82. The van der Waals surface area contributed by atoms with E-state index in [0.29, 0.717) is 16.4 Å². The fourth-order valence-corrected chi connectivity index (χ4v) is 4.14. The number of aromatic nitrogens is 1. The molecule has 0 aliphatic heterocycles. The van der Waals surface area contributed by atoms with Gasteiger partial charge in [-0.05, 0) is 47.7 Å². The Hall–Kier alpha value is -2.49. The number of allylic oxidation sites excluding steroid dienone is 1. The third kappa shape index (κ3) is 3.53. The zero-order valence-electron chi connectivity index (χ0n) is 13.1. The van der Waals surface area contributed by atoms with Crippen LogP contribution >= 0.6 is 23.1 Å². The molecule has 6 heteroatoms. The molecule has 0 amide bonds. The minimum absolute atomic E-state index is 0.571. The first-order valence-electron chi connectivity index (χ1n) is 7.10. The quantitative estimate of drug-likeness (QED) is 0.478. The predicted molar refractivity (Wildman–Crippen MR) is 98.6 cm³/mol. The predicted octanol–water partition coefficient (Wildman–Crippen LogP) is 4.97. The number of rotatable bonds is 5. The molecule has 0 spiro atoms. The molecule has 0 bridgehead atoms. The second kappa shape index (κ2) is 7.39. The van der Waals surface area contributed by atoms with Gasteiger partial charge in [0.1, 0.15) is 6.07 Å². The van der Waals surface area contributed by atoms with Crippen LogP contribution in [0.3, 0.4) is 0 Å². The summed E-state index contributed by atoms with van der Waals surface area (Å²) < 4.78 is 12.5.